The molecule has 1 saturated carbocycles. The summed E-state index contributed by atoms with van der Waals surface area (Å²) in [7, 11) is 0. The molecule has 1 aliphatic rings. The maximum absolute atomic E-state index is 11.6. The molecule has 1 aromatic rings. The Hall–Kier alpha value is -1.11. The van der Waals surface area contributed by atoms with Crippen molar-refractivity contribution in [3.05, 3.63) is 35.4 Å². The number of Topliss-reactive ketones (excluding diaryl/α,β-unsaturated/α-hetero) is 1. The third-order valence-corrected chi connectivity index (χ3v) is 2.59. The third-order valence-electron chi connectivity index (χ3n) is 2.59. The SMILES string of the molecule is CCc1ccc(C(=O)C2CC2)cc1. The van der Waals surface area contributed by atoms with Gasteiger partial charge in [0.1, 0.15) is 0 Å². The molecule has 0 spiro atoms. The molecule has 1 aromatic carbocycles. The molecule has 1 nitrogen and oxygen atoms in total. The Kier molecular flexibility index (Phi) is 2.17. The van der Waals surface area contributed by atoms with E-state index in [1.54, 1.807) is 0 Å². The van der Waals surface area contributed by atoms with E-state index < -0.39 is 0 Å². The standard InChI is InChI=1S/C12H14O/c1-2-9-3-5-10(6-4-9)12(13)11-7-8-11/h3-6,11H,2,7-8H2,1H3. The van der Waals surface area contributed by atoms with Gasteiger partial charge < -0.3 is 0 Å². The molecule has 1 aliphatic carbocycles. The Morgan fingerprint density at radius 3 is 2.38 bits per heavy atom. The van der Waals surface area contributed by atoms with Crippen molar-refractivity contribution in [1.29, 1.82) is 0 Å². The Morgan fingerprint density at radius 2 is 1.92 bits per heavy atom. The van der Waals surface area contributed by atoms with Crippen molar-refractivity contribution in [3.63, 3.8) is 0 Å². The van der Waals surface area contributed by atoms with Gasteiger partial charge in [0, 0.05) is 11.5 Å². The monoisotopic (exact) mass is 174 g/mol. The molecule has 1 heteroatoms. The van der Waals surface area contributed by atoms with Gasteiger partial charge in [-0.05, 0) is 24.8 Å². The highest BCUT2D eigenvalue weighted by Crippen LogP contribution is 2.32. The van der Waals surface area contributed by atoms with Crippen molar-refractivity contribution < 1.29 is 4.79 Å². The van der Waals surface area contributed by atoms with Crippen LogP contribution in [0.3, 0.4) is 0 Å². The summed E-state index contributed by atoms with van der Waals surface area (Å²) in [5.74, 6) is 0.676. The van der Waals surface area contributed by atoms with Gasteiger partial charge in [-0.3, -0.25) is 4.79 Å². The number of carbonyl (C=O) groups excluding carboxylic acids is 1. The topological polar surface area (TPSA) is 17.1 Å². The lowest BCUT2D eigenvalue weighted by molar-refractivity contribution is 0.0967. The Morgan fingerprint density at radius 1 is 1.31 bits per heavy atom. The highest BCUT2D eigenvalue weighted by Gasteiger charge is 2.30. The van der Waals surface area contributed by atoms with E-state index in [2.05, 4.69) is 19.1 Å². The number of carbonyl (C=O) groups is 1. The van der Waals surface area contributed by atoms with Gasteiger partial charge in [0.2, 0.25) is 0 Å². The first-order valence-corrected chi connectivity index (χ1v) is 4.94. The van der Waals surface area contributed by atoms with Crippen LogP contribution in [0.25, 0.3) is 0 Å². The number of aryl methyl sites for hydroxylation is 1. The molecule has 0 aromatic heterocycles. The molecule has 0 aliphatic heterocycles. The molecule has 13 heavy (non-hydrogen) atoms. The van der Waals surface area contributed by atoms with E-state index in [0.717, 1.165) is 24.8 Å². The second-order valence-corrected chi connectivity index (χ2v) is 3.69. The van der Waals surface area contributed by atoms with Gasteiger partial charge in [0.05, 0.1) is 0 Å². The van der Waals surface area contributed by atoms with E-state index in [-0.39, 0.29) is 0 Å². The number of rotatable bonds is 3. The van der Waals surface area contributed by atoms with Crippen LogP contribution in [0.15, 0.2) is 24.3 Å². The predicted molar refractivity (Wildman–Crippen MR) is 52.9 cm³/mol. The fraction of sp³-hybridized carbons (Fsp3) is 0.417. The average Bonchev–Trinajstić information content (AvgIpc) is 3.00. The molecule has 0 unspecified atom stereocenters. The molecule has 68 valence electrons. The molecule has 0 N–H and O–H groups in total. The Bertz CT molecular complexity index is 306. The van der Waals surface area contributed by atoms with Gasteiger partial charge in [-0.1, -0.05) is 31.2 Å². The largest absolute Gasteiger partial charge is 0.294 e. The van der Waals surface area contributed by atoms with Crippen molar-refractivity contribution in [2.45, 2.75) is 26.2 Å². The lowest BCUT2D eigenvalue weighted by Gasteiger charge is -2.00. The lowest BCUT2D eigenvalue weighted by Crippen LogP contribution is -2.00. The normalized spacial score (nSPS) is 15.8. The first-order chi connectivity index (χ1) is 6.31. The highest BCUT2D eigenvalue weighted by molar-refractivity contribution is 5.99. The number of ketones is 1. The predicted octanol–water partition coefficient (Wildman–Crippen LogP) is 2.84. The number of benzene rings is 1. The summed E-state index contributed by atoms with van der Waals surface area (Å²) in [5, 5.41) is 0. The molecular weight excluding hydrogens is 160 g/mol. The summed E-state index contributed by atoms with van der Waals surface area (Å²) in [6.45, 7) is 2.12. The van der Waals surface area contributed by atoms with Crippen LogP contribution in [0.5, 0.6) is 0 Å². The maximum atomic E-state index is 11.6. The Labute approximate surface area is 78.8 Å². The summed E-state index contributed by atoms with van der Waals surface area (Å²) < 4.78 is 0. The van der Waals surface area contributed by atoms with E-state index in [4.69, 9.17) is 0 Å². The summed E-state index contributed by atoms with van der Waals surface area (Å²) in [5.41, 5.74) is 2.19. The zero-order chi connectivity index (χ0) is 9.26. The van der Waals surface area contributed by atoms with Crippen LogP contribution in [0.1, 0.15) is 35.7 Å². The molecule has 0 bridgehead atoms. The molecule has 1 fully saturated rings. The van der Waals surface area contributed by atoms with Gasteiger partial charge in [-0.15, -0.1) is 0 Å². The van der Waals surface area contributed by atoms with E-state index in [9.17, 15) is 4.79 Å². The minimum absolute atomic E-state index is 0.336. The van der Waals surface area contributed by atoms with E-state index in [0.29, 0.717) is 11.7 Å². The van der Waals surface area contributed by atoms with Crippen LogP contribution >= 0.6 is 0 Å². The van der Waals surface area contributed by atoms with Gasteiger partial charge in [0.15, 0.2) is 5.78 Å². The van der Waals surface area contributed by atoms with Crippen molar-refractivity contribution in [2.24, 2.45) is 5.92 Å². The van der Waals surface area contributed by atoms with Crippen LogP contribution in [-0.2, 0) is 6.42 Å². The van der Waals surface area contributed by atoms with E-state index in [1.807, 2.05) is 12.1 Å². The first kappa shape index (κ1) is 8.49. The average molecular weight is 174 g/mol. The van der Waals surface area contributed by atoms with Crippen molar-refractivity contribution in [3.8, 4) is 0 Å². The fourth-order valence-electron chi connectivity index (χ4n) is 1.49. The summed E-state index contributed by atoms with van der Waals surface area (Å²) in [6.07, 6.45) is 3.22. The van der Waals surface area contributed by atoms with Crippen LogP contribution in [0.2, 0.25) is 0 Å². The van der Waals surface area contributed by atoms with E-state index in [1.165, 1.54) is 5.56 Å². The molecule has 0 heterocycles. The fourth-order valence-corrected chi connectivity index (χ4v) is 1.49. The minimum atomic E-state index is 0.336. The minimum Gasteiger partial charge on any atom is -0.294 e. The number of hydrogen-bond acceptors (Lipinski definition) is 1. The highest BCUT2D eigenvalue weighted by atomic mass is 16.1. The molecule has 0 atom stereocenters. The smallest absolute Gasteiger partial charge is 0.165 e. The molecule has 0 radical (unpaired) electrons. The maximum Gasteiger partial charge on any atom is 0.165 e. The Balaban J connectivity index is 2.16. The van der Waals surface area contributed by atoms with Gasteiger partial charge in [0.25, 0.3) is 0 Å². The van der Waals surface area contributed by atoms with E-state index >= 15 is 0 Å². The van der Waals surface area contributed by atoms with Crippen molar-refractivity contribution >= 4 is 5.78 Å². The molecule has 2 rings (SSSR count). The molecule has 0 amide bonds. The summed E-state index contributed by atoms with van der Waals surface area (Å²) in [6, 6.07) is 8.02. The van der Waals surface area contributed by atoms with Crippen LogP contribution in [0.4, 0.5) is 0 Å². The van der Waals surface area contributed by atoms with Gasteiger partial charge >= 0.3 is 0 Å². The quantitative estimate of drug-likeness (QED) is 0.644. The zero-order valence-corrected chi connectivity index (χ0v) is 7.92. The van der Waals surface area contributed by atoms with Crippen molar-refractivity contribution in [1.82, 2.24) is 0 Å². The number of hydrogen-bond donors (Lipinski definition) is 0. The van der Waals surface area contributed by atoms with Crippen LogP contribution < -0.4 is 0 Å². The zero-order valence-electron chi connectivity index (χ0n) is 7.92. The van der Waals surface area contributed by atoms with Crippen LogP contribution in [-0.4, -0.2) is 5.78 Å². The van der Waals surface area contributed by atoms with Gasteiger partial charge in [-0.25, -0.2) is 0 Å². The summed E-state index contributed by atoms with van der Waals surface area (Å²) in [4.78, 5) is 11.6. The second kappa shape index (κ2) is 3.33. The lowest BCUT2D eigenvalue weighted by atomic mass is 10.0. The van der Waals surface area contributed by atoms with Crippen LogP contribution in [0, 0.1) is 5.92 Å². The molecule has 0 saturated heterocycles. The van der Waals surface area contributed by atoms with Gasteiger partial charge in [-0.2, -0.15) is 0 Å². The summed E-state index contributed by atoms with van der Waals surface area (Å²) >= 11 is 0. The first-order valence-electron chi connectivity index (χ1n) is 4.94. The van der Waals surface area contributed by atoms with Crippen molar-refractivity contribution in [2.75, 3.05) is 0 Å². The third kappa shape index (κ3) is 1.80. The molecular formula is C12H14O. The second-order valence-electron chi connectivity index (χ2n) is 3.69.